The third-order valence-electron chi connectivity index (χ3n) is 2.83. The summed E-state index contributed by atoms with van der Waals surface area (Å²) in [5.41, 5.74) is 0.830. The Morgan fingerprint density at radius 2 is 2.37 bits per heavy atom. The summed E-state index contributed by atoms with van der Waals surface area (Å²) in [4.78, 5) is 17.1. The van der Waals surface area contributed by atoms with E-state index in [2.05, 4.69) is 17.2 Å². The summed E-state index contributed by atoms with van der Waals surface area (Å²) in [6, 6.07) is 1.99. The van der Waals surface area contributed by atoms with Gasteiger partial charge in [-0.3, -0.25) is 0 Å². The molecule has 0 aliphatic heterocycles. The number of nitrogens with one attached hydrogen (secondary N) is 1. The first-order valence-corrected chi connectivity index (χ1v) is 7.79. The zero-order chi connectivity index (χ0) is 13.8. The average Bonchev–Trinajstić information content (AvgIpc) is 3.04. The molecule has 2 N–H and O–H groups in total. The Hall–Kier alpha value is -1.24. The zero-order valence-electron chi connectivity index (χ0n) is 10.8. The first-order valence-electron chi connectivity index (χ1n) is 6.09. The minimum Gasteiger partial charge on any atom is -0.477 e. The number of thiophene rings is 1. The predicted molar refractivity (Wildman–Crippen MR) is 78.0 cm³/mol. The van der Waals surface area contributed by atoms with E-state index in [1.54, 1.807) is 11.3 Å². The second kappa shape index (κ2) is 6.27. The fourth-order valence-corrected chi connectivity index (χ4v) is 3.34. The molecule has 2 heterocycles. The number of carboxylic acids is 1. The Morgan fingerprint density at radius 3 is 3.00 bits per heavy atom. The Morgan fingerprint density at radius 1 is 1.58 bits per heavy atom. The van der Waals surface area contributed by atoms with Gasteiger partial charge in [0.2, 0.25) is 0 Å². The van der Waals surface area contributed by atoms with Crippen molar-refractivity contribution < 1.29 is 9.90 Å². The van der Waals surface area contributed by atoms with Gasteiger partial charge in [0.05, 0.1) is 6.04 Å². The Bertz CT molecular complexity index is 562. The van der Waals surface area contributed by atoms with Gasteiger partial charge in [0.25, 0.3) is 0 Å². The van der Waals surface area contributed by atoms with E-state index in [4.69, 9.17) is 5.11 Å². The zero-order valence-corrected chi connectivity index (χ0v) is 12.5. The number of aromatic nitrogens is 1. The smallest absolute Gasteiger partial charge is 0.346 e. The number of carbonyl (C=O) groups is 1. The van der Waals surface area contributed by atoms with Crippen LogP contribution in [0.1, 0.15) is 45.0 Å². The van der Waals surface area contributed by atoms with Crippen LogP contribution in [0.2, 0.25) is 0 Å². The number of nitrogens with zero attached hydrogens (tertiary/aromatic N) is 1. The van der Waals surface area contributed by atoms with E-state index in [0.717, 1.165) is 17.0 Å². The van der Waals surface area contributed by atoms with E-state index >= 15 is 0 Å². The molecule has 0 radical (unpaired) electrons. The van der Waals surface area contributed by atoms with Crippen LogP contribution >= 0.6 is 22.7 Å². The highest BCUT2D eigenvalue weighted by molar-refractivity contribution is 7.12. The van der Waals surface area contributed by atoms with E-state index in [0.29, 0.717) is 11.4 Å². The van der Waals surface area contributed by atoms with Gasteiger partial charge < -0.3 is 10.4 Å². The first-order chi connectivity index (χ1) is 9.11. The molecule has 1 unspecified atom stereocenters. The molecule has 0 saturated heterocycles. The number of aromatic carboxylic acids is 1. The third kappa shape index (κ3) is 3.40. The summed E-state index contributed by atoms with van der Waals surface area (Å²) in [5.74, 6) is -0.859. The van der Waals surface area contributed by atoms with E-state index < -0.39 is 5.97 Å². The standard InChI is InChI=1S/C13H16N2O2S2/c1-3-10-7-15-12(19-10)8(2)14-6-9-4-5-18-11(9)13(16)17/h4-5,7-8,14H,3,6H2,1-2H3,(H,16,17). The van der Waals surface area contributed by atoms with Crippen molar-refractivity contribution in [2.24, 2.45) is 0 Å². The lowest BCUT2D eigenvalue weighted by atomic mass is 10.2. The van der Waals surface area contributed by atoms with Crippen molar-refractivity contribution in [3.05, 3.63) is 38.0 Å². The molecule has 0 bridgehead atoms. The Kier molecular flexibility index (Phi) is 4.68. The molecule has 6 heteroatoms. The predicted octanol–water partition coefficient (Wildman–Crippen LogP) is 3.32. The number of aryl methyl sites for hydroxylation is 1. The normalized spacial score (nSPS) is 12.5. The largest absolute Gasteiger partial charge is 0.477 e. The van der Waals surface area contributed by atoms with Crippen LogP contribution < -0.4 is 5.32 Å². The van der Waals surface area contributed by atoms with Crippen LogP contribution in [0.25, 0.3) is 0 Å². The SMILES string of the molecule is CCc1cnc(C(C)NCc2ccsc2C(=O)O)s1. The molecule has 2 aromatic rings. The van der Waals surface area contributed by atoms with Crippen molar-refractivity contribution in [1.82, 2.24) is 10.3 Å². The maximum absolute atomic E-state index is 11.0. The molecular weight excluding hydrogens is 280 g/mol. The van der Waals surface area contributed by atoms with Gasteiger partial charge in [-0.05, 0) is 30.4 Å². The van der Waals surface area contributed by atoms with Crippen LogP contribution in [-0.2, 0) is 13.0 Å². The molecule has 19 heavy (non-hydrogen) atoms. The van der Waals surface area contributed by atoms with E-state index in [1.165, 1.54) is 16.2 Å². The van der Waals surface area contributed by atoms with Crippen molar-refractivity contribution in [2.45, 2.75) is 32.9 Å². The molecule has 0 aromatic carbocycles. The number of hydrogen-bond donors (Lipinski definition) is 2. The van der Waals surface area contributed by atoms with Gasteiger partial charge in [-0.1, -0.05) is 6.92 Å². The number of rotatable bonds is 6. The molecule has 2 aromatic heterocycles. The molecule has 4 nitrogen and oxygen atoms in total. The van der Waals surface area contributed by atoms with Gasteiger partial charge in [0.1, 0.15) is 9.88 Å². The van der Waals surface area contributed by atoms with Gasteiger partial charge in [-0.15, -0.1) is 22.7 Å². The van der Waals surface area contributed by atoms with Crippen molar-refractivity contribution in [3.8, 4) is 0 Å². The molecule has 2 rings (SSSR count). The fraction of sp³-hybridized carbons (Fsp3) is 0.385. The lowest BCUT2D eigenvalue weighted by molar-refractivity contribution is 0.0701. The van der Waals surface area contributed by atoms with Crippen LogP contribution in [-0.4, -0.2) is 16.1 Å². The molecule has 0 saturated carbocycles. The second-order valence-corrected chi connectivity index (χ2v) is 6.26. The van der Waals surface area contributed by atoms with Crippen molar-refractivity contribution >= 4 is 28.6 Å². The van der Waals surface area contributed by atoms with Gasteiger partial charge >= 0.3 is 5.97 Å². The number of hydrogen-bond acceptors (Lipinski definition) is 5. The molecule has 0 aliphatic carbocycles. The van der Waals surface area contributed by atoms with Crippen LogP contribution in [0.3, 0.4) is 0 Å². The number of carboxylic acid groups (broad SMARTS) is 1. The van der Waals surface area contributed by atoms with Crippen LogP contribution in [0.4, 0.5) is 0 Å². The highest BCUT2D eigenvalue weighted by Crippen LogP contribution is 2.22. The molecule has 0 spiro atoms. The molecule has 0 aliphatic rings. The topological polar surface area (TPSA) is 62.2 Å². The molecule has 102 valence electrons. The van der Waals surface area contributed by atoms with Crippen molar-refractivity contribution in [3.63, 3.8) is 0 Å². The monoisotopic (exact) mass is 296 g/mol. The molecule has 1 atom stereocenters. The lowest BCUT2D eigenvalue weighted by Crippen LogP contribution is -2.18. The minimum atomic E-state index is -0.859. The van der Waals surface area contributed by atoms with Gasteiger partial charge in [-0.25, -0.2) is 9.78 Å². The summed E-state index contributed by atoms with van der Waals surface area (Å²) < 4.78 is 0. The quantitative estimate of drug-likeness (QED) is 0.858. The summed E-state index contributed by atoms with van der Waals surface area (Å²) in [6.07, 6.45) is 2.91. The highest BCUT2D eigenvalue weighted by atomic mass is 32.1. The maximum atomic E-state index is 11.0. The minimum absolute atomic E-state index is 0.131. The highest BCUT2D eigenvalue weighted by Gasteiger charge is 2.14. The summed E-state index contributed by atoms with van der Waals surface area (Å²) in [5, 5.41) is 15.2. The van der Waals surface area contributed by atoms with E-state index in [-0.39, 0.29) is 6.04 Å². The van der Waals surface area contributed by atoms with Gasteiger partial charge in [0, 0.05) is 17.6 Å². The molecule has 0 fully saturated rings. The van der Waals surface area contributed by atoms with E-state index in [1.807, 2.05) is 24.6 Å². The summed E-state index contributed by atoms with van der Waals surface area (Å²) in [7, 11) is 0. The molecule has 0 amide bonds. The molecular formula is C13H16N2O2S2. The van der Waals surface area contributed by atoms with Crippen molar-refractivity contribution in [1.29, 1.82) is 0 Å². The lowest BCUT2D eigenvalue weighted by Gasteiger charge is -2.10. The van der Waals surface area contributed by atoms with Gasteiger partial charge in [-0.2, -0.15) is 0 Å². The fourth-order valence-electron chi connectivity index (χ4n) is 1.70. The average molecular weight is 296 g/mol. The van der Waals surface area contributed by atoms with Crippen molar-refractivity contribution in [2.75, 3.05) is 0 Å². The Labute approximate surface area is 120 Å². The summed E-state index contributed by atoms with van der Waals surface area (Å²) in [6.45, 7) is 4.71. The maximum Gasteiger partial charge on any atom is 0.346 e. The van der Waals surface area contributed by atoms with Gasteiger partial charge in [0.15, 0.2) is 0 Å². The third-order valence-corrected chi connectivity index (χ3v) is 5.10. The van der Waals surface area contributed by atoms with E-state index in [9.17, 15) is 4.79 Å². The number of thiazole rings is 1. The van der Waals surface area contributed by atoms with Crippen LogP contribution in [0.5, 0.6) is 0 Å². The second-order valence-electron chi connectivity index (χ2n) is 4.20. The summed E-state index contributed by atoms with van der Waals surface area (Å²) >= 11 is 2.96. The van der Waals surface area contributed by atoms with Crippen LogP contribution in [0.15, 0.2) is 17.6 Å². The first kappa shape index (κ1) is 14.2. The Balaban J connectivity index is 1.98. The van der Waals surface area contributed by atoms with Crippen LogP contribution in [0, 0.1) is 0 Å².